The van der Waals surface area contributed by atoms with E-state index in [4.69, 9.17) is 9.47 Å². The lowest BCUT2D eigenvalue weighted by molar-refractivity contribution is -0.0272. The van der Waals surface area contributed by atoms with Crippen molar-refractivity contribution in [2.75, 3.05) is 33.4 Å². The number of nitrogens with one attached hydrogen (secondary N) is 2. The molecule has 2 aliphatic rings. The fourth-order valence-corrected chi connectivity index (χ4v) is 6.05. The number of aliphatic hydroxyl groups is 2. The van der Waals surface area contributed by atoms with Crippen LogP contribution in [-0.2, 0) is 6.42 Å². The van der Waals surface area contributed by atoms with Crippen LogP contribution in [0.4, 0.5) is 0 Å². The summed E-state index contributed by atoms with van der Waals surface area (Å²) in [5, 5.41) is 25.2. The maximum atomic E-state index is 13.1. The van der Waals surface area contributed by atoms with Crippen LogP contribution in [0.5, 0.6) is 11.5 Å². The van der Waals surface area contributed by atoms with Gasteiger partial charge in [0.2, 0.25) is 0 Å². The van der Waals surface area contributed by atoms with E-state index in [2.05, 4.69) is 22.1 Å². The third-order valence-electron chi connectivity index (χ3n) is 8.77. The van der Waals surface area contributed by atoms with Crippen molar-refractivity contribution in [3.63, 3.8) is 0 Å². The molecule has 1 aromatic heterocycles. The maximum absolute atomic E-state index is 13.1. The fraction of sp³-hybridized carbons (Fsp3) is 0.531. The molecule has 0 bridgehead atoms. The molecule has 0 unspecified atom stereocenters. The van der Waals surface area contributed by atoms with Gasteiger partial charge < -0.3 is 34.9 Å². The molecule has 5 rings (SSSR count). The average molecular weight is 550 g/mol. The number of aromatic amines is 1. The standard InChI is InChI=1S/C32H43N3O5/c1-22-21-35(17-12-29(22)36)18-16-32(38)14-10-24(11-15-32)33-31(37)28-20-26-27(34-28)4-3-5-30(26)40-19-13-23-6-8-25(39-2)9-7-23/h3-9,20,22,24,29,34,36,38H,10-19,21H2,1-2H3,(H,33,37)/t22-,24-,29-,32+/m0/s1. The number of fused-ring (bicyclic) bond motifs is 1. The van der Waals surface area contributed by atoms with Crippen molar-refractivity contribution in [3.05, 3.63) is 59.8 Å². The second kappa shape index (κ2) is 12.6. The first-order chi connectivity index (χ1) is 19.3. The quantitative estimate of drug-likeness (QED) is 0.301. The van der Waals surface area contributed by atoms with Gasteiger partial charge in [-0.05, 0) is 80.3 Å². The van der Waals surface area contributed by atoms with Gasteiger partial charge in [-0.1, -0.05) is 25.1 Å². The van der Waals surface area contributed by atoms with Crippen LogP contribution >= 0.6 is 0 Å². The number of benzene rings is 2. The maximum Gasteiger partial charge on any atom is 0.267 e. The highest BCUT2D eigenvalue weighted by Gasteiger charge is 2.35. The molecule has 1 saturated heterocycles. The number of piperidine rings is 1. The molecule has 0 radical (unpaired) electrons. The number of methoxy groups -OCH3 is 1. The Morgan fingerprint density at radius 2 is 1.93 bits per heavy atom. The van der Waals surface area contributed by atoms with Crippen molar-refractivity contribution in [2.24, 2.45) is 5.92 Å². The van der Waals surface area contributed by atoms with Gasteiger partial charge in [-0.25, -0.2) is 0 Å². The molecule has 8 heteroatoms. The summed E-state index contributed by atoms with van der Waals surface area (Å²) in [6.07, 6.45) is 4.99. The van der Waals surface area contributed by atoms with Crippen LogP contribution in [0, 0.1) is 5.92 Å². The van der Waals surface area contributed by atoms with Crippen LogP contribution in [0.2, 0.25) is 0 Å². The summed E-state index contributed by atoms with van der Waals surface area (Å²) >= 11 is 0. The molecule has 2 fully saturated rings. The lowest BCUT2D eigenvalue weighted by Crippen LogP contribution is -2.47. The van der Waals surface area contributed by atoms with Crippen molar-refractivity contribution in [1.29, 1.82) is 0 Å². The van der Waals surface area contributed by atoms with Crippen LogP contribution < -0.4 is 14.8 Å². The van der Waals surface area contributed by atoms with Crippen molar-refractivity contribution < 1.29 is 24.5 Å². The molecular formula is C32H43N3O5. The molecule has 1 aliphatic heterocycles. The topological polar surface area (TPSA) is 107 Å². The number of amides is 1. The Hall–Kier alpha value is -3.07. The van der Waals surface area contributed by atoms with Crippen LogP contribution in [0.15, 0.2) is 48.5 Å². The summed E-state index contributed by atoms with van der Waals surface area (Å²) < 4.78 is 11.3. The van der Waals surface area contributed by atoms with E-state index in [-0.39, 0.29) is 24.0 Å². The van der Waals surface area contributed by atoms with Crippen molar-refractivity contribution in [3.8, 4) is 11.5 Å². The number of aromatic nitrogens is 1. The van der Waals surface area contributed by atoms with Crippen LogP contribution in [-0.4, -0.2) is 77.1 Å². The average Bonchev–Trinajstić information content (AvgIpc) is 3.41. The first-order valence-electron chi connectivity index (χ1n) is 14.6. The van der Waals surface area contributed by atoms with Crippen LogP contribution in [0.1, 0.15) is 61.5 Å². The zero-order chi connectivity index (χ0) is 28.1. The fourth-order valence-electron chi connectivity index (χ4n) is 6.05. The predicted molar refractivity (Wildman–Crippen MR) is 156 cm³/mol. The predicted octanol–water partition coefficient (Wildman–Crippen LogP) is 4.29. The van der Waals surface area contributed by atoms with E-state index in [1.165, 1.54) is 5.56 Å². The zero-order valence-electron chi connectivity index (χ0n) is 23.7. The van der Waals surface area contributed by atoms with E-state index < -0.39 is 5.60 Å². The number of hydrogen-bond acceptors (Lipinski definition) is 6. The summed E-state index contributed by atoms with van der Waals surface area (Å²) in [5.41, 5.74) is 1.87. The van der Waals surface area contributed by atoms with Gasteiger partial charge >= 0.3 is 0 Å². The Morgan fingerprint density at radius 3 is 2.65 bits per heavy atom. The molecule has 1 amide bonds. The second-order valence-electron chi connectivity index (χ2n) is 11.7. The molecule has 40 heavy (non-hydrogen) atoms. The highest BCUT2D eigenvalue weighted by Crippen LogP contribution is 2.32. The van der Waals surface area contributed by atoms with E-state index in [0.29, 0.717) is 25.1 Å². The van der Waals surface area contributed by atoms with Gasteiger partial charge in [-0.15, -0.1) is 0 Å². The van der Waals surface area contributed by atoms with Gasteiger partial charge in [0, 0.05) is 43.0 Å². The second-order valence-corrected chi connectivity index (χ2v) is 11.7. The van der Waals surface area contributed by atoms with Crippen molar-refractivity contribution in [2.45, 2.75) is 69.6 Å². The largest absolute Gasteiger partial charge is 0.497 e. The van der Waals surface area contributed by atoms with Gasteiger partial charge in [0.25, 0.3) is 5.91 Å². The van der Waals surface area contributed by atoms with Crippen molar-refractivity contribution in [1.82, 2.24) is 15.2 Å². The molecule has 4 N–H and O–H groups in total. The third kappa shape index (κ3) is 6.97. The number of carbonyl (C=O) groups excluding carboxylic acids is 1. The van der Waals surface area contributed by atoms with Gasteiger partial charge in [-0.3, -0.25) is 4.79 Å². The summed E-state index contributed by atoms with van der Waals surface area (Å²) in [4.78, 5) is 18.7. The van der Waals surface area contributed by atoms with Gasteiger partial charge in [0.1, 0.15) is 17.2 Å². The first-order valence-corrected chi connectivity index (χ1v) is 14.6. The van der Waals surface area contributed by atoms with Gasteiger partial charge in [-0.2, -0.15) is 0 Å². The third-order valence-corrected chi connectivity index (χ3v) is 8.77. The summed E-state index contributed by atoms with van der Waals surface area (Å²) in [5.74, 6) is 1.74. The summed E-state index contributed by atoms with van der Waals surface area (Å²) in [7, 11) is 1.66. The number of ether oxygens (including phenoxy) is 2. The Labute approximate surface area is 236 Å². The van der Waals surface area contributed by atoms with E-state index in [9.17, 15) is 15.0 Å². The van der Waals surface area contributed by atoms with Crippen LogP contribution in [0.3, 0.4) is 0 Å². The minimum Gasteiger partial charge on any atom is -0.497 e. The highest BCUT2D eigenvalue weighted by molar-refractivity contribution is 5.99. The van der Waals surface area contributed by atoms with Gasteiger partial charge in [0.05, 0.1) is 25.4 Å². The van der Waals surface area contributed by atoms with Crippen LogP contribution in [0.25, 0.3) is 10.9 Å². The number of hydrogen-bond donors (Lipinski definition) is 4. The molecule has 1 saturated carbocycles. The monoisotopic (exact) mass is 549 g/mol. The van der Waals surface area contributed by atoms with Gasteiger partial charge in [0.15, 0.2) is 0 Å². The number of nitrogens with zero attached hydrogens (tertiary/aromatic N) is 1. The molecule has 2 atom stereocenters. The normalized spacial score (nSPS) is 25.6. The minimum absolute atomic E-state index is 0.0459. The number of H-pyrrole nitrogens is 1. The molecule has 2 heterocycles. The van der Waals surface area contributed by atoms with E-state index in [1.807, 2.05) is 48.5 Å². The Kier molecular flexibility index (Phi) is 8.98. The number of likely N-dealkylation sites (tertiary alicyclic amines) is 1. The SMILES string of the molecule is COc1ccc(CCOc2cccc3[nH]c(C(=O)N[C@H]4CC[C@](O)(CCN5CC[C@H](O)[C@@H](C)C5)CC4)cc23)cc1. The molecule has 8 nitrogen and oxygen atoms in total. The number of aliphatic hydroxyl groups excluding tert-OH is 1. The summed E-state index contributed by atoms with van der Waals surface area (Å²) in [6.45, 7) is 5.24. The Balaban J connectivity index is 1.10. The smallest absolute Gasteiger partial charge is 0.267 e. The molecule has 3 aromatic rings. The molecule has 1 aliphatic carbocycles. The Morgan fingerprint density at radius 1 is 1.15 bits per heavy atom. The molecular weight excluding hydrogens is 506 g/mol. The first kappa shape index (κ1) is 28.5. The van der Waals surface area contributed by atoms with E-state index >= 15 is 0 Å². The summed E-state index contributed by atoms with van der Waals surface area (Å²) in [6, 6.07) is 15.7. The highest BCUT2D eigenvalue weighted by atomic mass is 16.5. The van der Waals surface area contributed by atoms with E-state index in [0.717, 1.165) is 74.1 Å². The van der Waals surface area contributed by atoms with Crippen molar-refractivity contribution >= 4 is 16.8 Å². The number of carbonyl (C=O) groups is 1. The zero-order valence-corrected chi connectivity index (χ0v) is 23.7. The van der Waals surface area contributed by atoms with E-state index in [1.54, 1.807) is 7.11 Å². The minimum atomic E-state index is -0.681. The lowest BCUT2D eigenvalue weighted by atomic mass is 9.80. The number of rotatable bonds is 10. The lowest BCUT2D eigenvalue weighted by Gasteiger charge is -2.39. The Bertz CT molecular complexity index is 1270. The molecule has 2 aromatic carbocycles. The molecule has 216 valence electrons. The molecule has 0 spiro atoms.